The number of carbonyl (C=O) groups excluding carboxylic acids is 2. The molecule has 6 heteroatoms. The van der Waals surface area contributed by atoms with Crippen LogP contribution in [0.4, 0.5) is 0 Å². The lowest BCUT2D eigenvalue weighted by Crippen LogP contribution is -2.16. The second-order valence-corrected chi connectivity index (χ2v) is 6.41. The van der Waals surface area contributed by atoms with Crippen molar-refractivity contribution in [2.75, 3.05) is 0 Å². The van der Waals surface area contributed by atoms with Gasteiger partial charge in [0.15, 0.2) is 11.6 Å². The van der Waals surface area contributed by atoms with Crippen LogP contribution in [0.1, 0.15) is 35.8 Å². The minimum absolute atomic E-state index is 0.148. The summed E-state index contributed by atoms with van der Waals surface area (Å²) in [6.45, 7) is 0. The zero-order chi connectivity index (χ0) is 19.1. The molecule has 0 N–H and O–H groups in total. The number of benzene rings is 2. The molecule has 0 fully saturated rings. The zero-order valence-corrected chi connectivity index (χ0v) is 15.2. The minimum atomic E-state index is -1.04. The summed E-state index contributed by atoms with van der Waals surface area (Å²) in [4.78, 5) is 24.8. The first-order chi connectivity index (χ1) is 12.5. The van der Waals surface area contributed by atoms with Gasteiger partial charge in [0.25, 0.3) is 0 Å². The number of hydrogen-bond donors (Lipinski definition) is 0. The number of carbonyl (C=O) groups is 2. The highest BCUT2D eigenvalue weighted by molar-refractivity contribution is 6.32. The van der Waals surface area contributed by atoms with E-state index in [1.165, 1.54) is 0 Å². The molecule has 0 amide bonds. The van der Waals surface area contributed by atoms with E-state index in [9.17, 15) is 20.1 Å². The lowest BCUT2D eigenvalue weighted by atomic mass is 9.89. The van der Waals surface area contributed by atoms with Crippen molar-refractivity contribution in [2.45, 2.75) is 24.7 Å². The van der Waals surface area contributed by atoms with Crippen molar-refractivity contribution in [1.82, 2.24) is 0 Å². The van der Waals surface area contributed by atoms with Crippen LogP contribution < -0.4 is 0 Å². The molecule has 0 aliphatic carbocycles. The first kappa shape index (κ1) is 19.7. The quantitative estimate of drug-likeness (QED) is 0.684. The van der Waals surface area contributed by atoms with E-state index in [-0.39, 0.29) is 12.8 Å². The highest BCUT2D eigenvalue weighted by Gasteiger charge is 2.26. The number of halogens is 2. The van der Waals surface area contributed by atoms with E-state index >= 15 is 0 Å². The molecule has 2 atom stereocenters. The Labute approximate surface area is 161 Å². The van der Waals surface area contributed by atoms with Gasteiger partial charge in [0.05, 0.1) is 12.1 Å². The first-order valence-electron chi connectivity index (χ1n) is 7.83. The summed E-state index contributed by atoms with van der Waals surface area (Å²) in [6, 6.07) is 17.1. The maximum Gasteiger partial charge on any atom is 0.154 e. The fourth-order valence-corrected chi connectivity index (χ4v) is 3.07. The Morgan fingerprint density at radius 2 is 1.12 bits per heavy atom. The summed E-state index contributed by atoms with van der Waals surface area (Å²) >= 11 is 12.1. The molecule has 2 aromatic carbocycles. The molecular formula is C20H14Cl2N2O2. The Morgan fingerprint density at radius 1 is 0.769 bits per heavy atom. The van der Waals surface area contributed by atoms with E-state index in [1.54, 1.807) is 48.5 Å². The number of nitrogens with zero attached hydrogens (tertiary/aromatic N) is 2. The molecule has 0 heterocycles. The van der Waals surface area contributed by atoms with Gasteiger partial charge in [0, 0.05) is 22.9 Å². The van der Waals surface area contributed by atoms with Gasteiger partial charge in [-0.3, -0.25) is 9.59 Å². The lowest BCUT2D eigenvalue weighted by Gasteiger charge is -2.12. The molecule has 26 heavy (non-hydrogen) atoms. The number of hydrogen-bond acceptors (Lipinski definition) is 4. The van der Waals surface area contributed by atoms with Crippen molar-refractivity contribution in [3.8, 4) is 12.1 Å². The molecule has 0 spiro atoms. The third-order valence-corrected chi connectivity index (χ3v) is 4.64. The average Bonchev–Trinajstić information content (AvgIpc) is 2.64. The minimum Gasteiger partial charge on any atom is -0.298 e. The van der Waals surface area contributed by atoms with Crippen molar-refractivity contribution >= 4 is 34.8 Å². The summed E-state index contributed by atoms with van der Waals surface area (Å²) in [5.74, 6) is -2.91. The molecule has 0 radical (unpaired) electrons. The number of nitriles is 2. The smallest absolute Gasteiger partial charge is 0.154 e. The normalized spacial score (nSPS) is 12.5. The van der Waals surface area contributed by atoms with Crippen molar-refractivity contribution in [3.05, 3.63) is 69.7 Å². The van der Waals surface area contributed by atoms with E-state index in [2.05, 4.69) is 0 Å². The van der Waals surface area contributed by atoms with Crippen LogP contribution in [-0.4, -0.2) is 11.6 Å². The maximum absolute atomic E-state index is 12.4. The second kappa shape index (κ2) is 9.15. The second-order valence-electron chi connectivity index (χ2n) is 5.60. The Morgan fingerprint density at radius 3 is 1.42 bits per heavy atom. The van der Waals surface area contributed by atoms with Crippen LogP contribution in [0, 0.1) is 22.7 Å². The van der Waals surface area contributed by atoms with Gasteiger partial charge in [-0.15, -0.1) is 0 Å². The van der Waals surface area contributed by atoms with Crippen molar-refractivity contribution in [2.24, 2.45) is 0 Å². The molecule has 130 valence electrons. The van der Waals surface area contributed by atoms with Crippen LogP contribution in [0.25, 0.3) is 0 Å². The van der Waals surface area contributed by atoms with Gasteiger partial charge in [-0.1, -0.05) is 59.6 Å². The first-order valence-corrected chi connectivity index (χ1v) is 8.58. The molecule has 0 aliphatic rings. The fraction of sp³-hybridized carbons (Fsp3) is 0.200. The Kier molecular flexibility index (Phi) is 6.92. The average molecular weight is 385 g/mol. The lowest BCUT2D eigenvalue weighted by molar-refractivity contribution is -0.124. The van der Waals surface area contributed by atoms with E-state index in [0.29, 0.717) is 21.2 Å². The predicted molar refractivity (Wildman–Crippen MR) is 98.9 cm³/mol. The van der Waals surface area contributed by atoms with Gasteiger partial charge in [0.2, 0.25) is 0 Å². The van der Waals surface area contributed by atoms with Crippen LogP contribution in [0.15, 0.2) is 48.5 Å². The summed E-state index contributed by atoms with van der Waals surface area (Å²) in [5.41, 5.74) is 0.828. The maximum atomic E-state index is 12.4. The van der Waals surface area contributed by atoms with Crippen LogP contribution in [0.2, 0.25) is 10.0 Å². The van der Waals surface area contributed by atoms with Gasteiger partial charge in [-0.2, -0.15) is 10.5 Å². The van der Waals surface area contributed by atoms with Crippen LogP contribution in [0.5, 0.6) is 0 Å². The summed E-state index contributed by atoms with van der Waals surface area (Å²) in [6.07, 6.45) is -0.296. The van der Waals surface area contributed by atoms with E-state index < -0.39 is 23.4 Å². The van der Waals surface area contributed by atoms with Gasteiger partial charge in [0.1, 0.15) is 11.8 Å². The SMILES string of the molecule is N#CC(C(=O)CCC(=O)C(C#N)c1ccccc1Cl)c1ccccc1Cl. The van der Waals surface area contributed by atoms with Crippen molar-refractivity contribution in [3.63, 3.8) is 0 Å². The fourth-order valence-electron chi connectivity index (χ4n) is 2.58. The molecule has 0 saturated heterocycles. The standard InChI is InChI=1S/C20H14Cl2N2O2/c21-17-7-3-1-5-13(17)15(11-23)19(25)9-10-20(26)16(12-24)14-6-2-4-8-18(14)22/h1-8,15-16H,9-10H2. The van der Waals surface area contributed by atoms with Gasteiger partial charge < -0.3 is 0 Å². The zero-order valence-electron chi connectivity index (χ0n) is 13.7. The Balaban J connectivity index is 2.10. The molecular weight excluding hydrogens is 371 g/mol. The molecule has 0 aliphatic heterocycles. The van der Waals surface area contributed by atoms with E-state index in [4.69, 9.17) is 23.2 Å². The van der Waals surface area contributed by atoms with E-state index in [0.717, 1.165) is 0 Å². The van der Waals surface area contributed by atoms with Gasteiger partial charge in [-0.05, 0) is 23.3 Å². The number of Topliss-reactive ketones (excluding diaryl/α,β-unsaturated/α-hetero) is 2. The summed E-state index contributed by atoms with van der Waals surface area (Å²) in [5, 5.41) is 19.3. The number of ketones is 2. The van der Waals surface area contributed by atoms with Crippen molar-refractivity contribution in [1.29, 1.82) is 10.5 Å². The van der Waals surface area contributed by atoms with Crippen LogP contribution in [-0.2, 0) is 9.59 Å². The van der Waals surface area contributed by atoms with Crippen molar-refractivity contribution < 1.29 is 9.59 Å². The summed E-state index contributed by atoms with van der Waals surface area (Å²) in [7, 11) is 0. The highest BCUT2D eigenvalue weighted by atomic mass is 35.5. The summed E-state index contributed by atoms with van der Waals surface area (Å²) < 4.78 is 0. The monoisotopic (exact) mass is 384 g/mol. The molecule has 2 unspecified atom stereocenters. The predicted octanol–water partition coefficient (Wildman–Crippen LogP) is 4.83. The molecule has 2 aromatic rings. The van der Waals surface area contributed by atoms with Crippen LogP contribution in [0.3, 0.4) is 0 Å². The molecule has 2 rings (SSSR count). The Bertz CT molecular complexity index is 837. The van der Waals surface area contributed by atoms with Gasteiger partial charge >= 0.3 is 0 Å². The third kappa shape index (κ3) is 4.49. The van der Waals surface area contributed by atoms with Crippen LogP contribution >= 0.6 is 23.2 Å². The molecule has 0 saturated carbocycles. The molecule has 0 bridgehead atoms. The number of rotatable bonds is 7. The topological polar surface area (TPSA) is 81.7 Å². The third-order valence-electron chi connectivity index (χ3n) is 3.95. The highest BCUT2D eigenvalue weighted by Crippen LogP contribution is 2.28. The van der Waals surface area contributed by atoms with E-state index in [1.807, 2.05) is 12.1 Å². The largest absolute Gasteiger partial charge is 0.298 e. The molecule has 4 nitrogen and oxygen atoms in total. The van der Waals surface area contributed by atoms with Gasteiger partial charge in [-0.25, -0.2) is 0 Å². The Hall–Kier alpha value is -2.66. The molecule has 0 aromatic heterocycles.